The highest BCUT2D eigenvalue weighted by atomic mass is 35.5. The van der Waals surface area contributed by atoms with Crippen molar-refractivity contribution in [3.05, 3.63) is 12.3 Å². The van der Waals surface area contributed by atoms with E-state index in [1.807, 2.05) is 5.32 Å². The van der Waals surface area contributed by atoms with Crippen LogP contribution in [0, 0.1) is 0 Å². The Hall–Kier alpha value is -1.03. The highest BCUT2D eigenvalue weighted by molar-refractivity contribution is 6.27. The molecule has 4 nitrogen and oxygen atoms in total. The lowest BCUT2D eigenvalue weighted by atomic mass is 10.5. The Morgan fingerprint density at radius 1 is 1.60 bits per heavy atom. The molecule has 0 aromatic heterocycles. The van der Waals surface area contributed by atoms with Crippen LogP contribution in [-0.4, -0.2) is 22.9 Å². The number of aliphatic carboxylic acids is 1. The van der Waals surface area contributed by atoms with E-state index in [2.05, 4.69) is 6.58 Å². The average Bonchev–Trinajstić information content (AvgIpc) is 1.87. The van der Waals surface area contributed by atoms with E-state index in [0.29, 0.717) is 0 Å². The van der Waals surface area contributed by atoms with Gasteiger partial charge in [-0.25, -0.2) is 4.79 Å². The molecule has 2 N–H and O–H groups in total. The molecule has 0 radical (unpaired) electrons. The monoisotopic (exact) mass is 163 g/mol. The van der Waals surface area contributed by atoms with Crippen molar-refractivity contribution in [1.29, 1.82) is 0 Å². The third kappa shape index (κ3) is 3.09. The highest BCUT2D eigenvalue weighted by Crippen LogP contribution is 1.84. The van der Waals surface area contributed by atoms with E-state index in [9.17, 15) is 9.59 Å². The molecule has 0 heterocycles. The van der Waals surface area contributed by atoms with Crippen LogP contribution in [-0.2, 0) is 9.59 Å². The van der Waals surface area contributed by atoms with Crippen LogP contribution in [0.25, 0.3) is 0 Å². The molecule has 0 rings (SSSR count). The number of halogens is 1. The molecule has 0 aliphatic carbocycles. The maximum absolute atomic E-state index is 10.4. The number of carboxylic acid groups (broad SMARTS) is 1. The first kappa shape index (κ1) is 8.97. The number of carboxylic acids is 1. The van der Waals surface area contributed by atoms with Gasteiger partial charge in [-0.2, -0.15) is 0 Å². The fraction of sp³-hybridized carbons (Fsp3) is 0.200. The van der Waals surface area contributed by atoms with E-state index in [0.717, 1.165) is 0 Å². The molecule has 0 aliphatic rings. The first-order valence-corrected chi connectivity index (χ1v) is 2.89. The summed E-state index contributed by atoms with van der Waals surface area (Å²) in [6, 6.07) is 0. The van der Waals surface area contributed by atoms with E-state index < -0.39 is 11.9 Å². The topological polar surface area (TPSA) is 66.4 Å². The normalized spacial score (nSPS) is 8.50. The SMILES string of the molecule is C=C(NC(=O)CCl)C(=O)O. The number of hydrogen-bond donors (Lipinski definition) is 2. The standard InChI is InChI=1S/C5H6ClNO3/c1-3(5(9)10)7-4(8)2-6/h1-2H2,(H,7,8)(H,9,10). The molecule has 1 amide bonds. The van der Waals surface area contributed by atoms with Gasteiger partial charge in [-0.3, -0.25) is 4.79 Å². The summed E-state index contributed by atoms with van der Waals surface area (Å²) < 4.78 is 0. The Kier molecular flexibility index (Phi) is 3.49. The van der Waals surface area contributed by atoms with Crippen LogP contribution in [0.1, 0.15) is 0 Å². The zero-order valence-corrected chi connectivity index (χ0v) is 5.81. The molecule has 0 saturated heterocycles. The number of rotatable bonds is 3. The molecule has 0 aromatic carbocycles. The number of hydrogen-bond acceptors (Lipinski definition) is 2. The van der Waals surface area contributed by atoms with Gasteiger partial charge in [0.15, 0.2) is 0 Å². The van der Waals surface area contributed by atoms with Crippen LogP contribution in [0.3, 0.4) is 0 Å². The number of amides is 1. The minimum absolute atomic E-state index is 0.272. The Labute approximate surface area is 62.5 Å². The van der Waals surface area contributed by atoms with Crippen molar-refractivity contribution in [2.75, 3.05) is 5.88 Å². The van der Waals surface area contributed by atoms with Gasteiger partial charge >= 0.3 is 5.97 Å². The summed E-state index contributed by atoms with van der Waals surface area (Å²) in [5, 5.41) is 10.1. The predicted octanol–water partition coefficient (Wildman–Crippen LogP) is -0.0603. The summed E-state index contributed by atoms with van der Waals surface area (Å²) in [6.07, 6.45) is 0. The Bertz CT molecular complexity index is 178. The zero-order valence-electron chi connectivity index (χ0n) is 5.06. The lowest BCUT2D eigenvalue weighted by Crippen LogP contribution is -2.27. The van der Waals surface area contributed by atoms with Gasteiger partial charge in [0.05, 0.1) is 0 Å². The first-order valence-electron chi connectivity index (χ1n) is 2.36. The molecular formula is C5H6ClNO3. The summed E-state index contributed by atoms with van der Waals surface area (Å²) in [5.41, 5.74) is -0.370. The fourth-order valence-corrected chi connectivity index (χ4v) is 0.322. The minimum atomic E-state index is -1.27. The van der Waals surface area contributed by atoms with E-state index in [1.54, 1.807) is 0 Å². The highest BCUT2D eigenvalue weighted by Gasteiger charge is 2.06. The molecule has 10 heavy (non-hydrogen) atoms. The van der Waals surface area contributed by atoms with Crippen molar-refractivity contribution in [1.82, 2.24) is 5.32 Å². The van der Waals surface area contributed by atoms with Crippen molar-refractivity contribution in [3.63, 3.8) is 0 Å². The Morgan fingerprint density at radius 2 is 2.10 bits per heavy atom. The third-order valence-electron chi connectivity index (χ3n) is 0.670. The van der Waals surface area contributed by atoms with Crippen LogP contribution in [0.2, 0.25) is 0 Å². The van der Waals surface area contributed by atoms with Crippen molar-refractivity contribution in [3.8, 4) is 0 Å². The molecule has 0 unspecified atom stereocenters. The molecule has 0 bridgehead atoms. The first-order chi connectivity index (χ1) is 4.57. The maximum atomic E-state index is 10.4. The second kappa shape index (κ2) is 3.90. The second-order valence-corrected chi connectivity index (χ2v) is 1.73. The lowest BCUT2D eigenvalue weighted by Gasteiger charge is -1.98. The third-order valence-corrected chi connectivity index (χ3v) is 0.913. The molecule has 0 saturated carbocycles. The molecule has 5 heteroatoms. The number of nitrogens with one attached hydrogen (secondary N) is 1. The summed E-state index contributed by atoms with van der Waals surface area (Å²) in [4.78, 5) is 20.4. The van der Waals surface area contributed by atoms with Gasteiger partial charge in [-0.05, 0) is 0 Å². The quantitative estimate of drug-likeness (QED) is 0.453. The molecule has 56 valence electrons. The van der Waals surface area contributed by atoms with Crippen molar-refractivity contribution >= 4 is 23.5 Å². The van der Waals surface area contributed by atoms with Crippen molar-refractivity contribution in [2.24, 2.45) is 0 Å². The Balaban J connectivity index is 3.80. The fourth-order valence-electron chi connectivity index (χ4n) is 0.255. The van der Waals surface area contributed by atoms with Gasteiger partial charge < -0.3 is 10.4 Å². The number of carbonyl (C=O) groups excluding carboxylic acids is 1. The maximum Gasteiger partial charge on any atom is 0.351 e. The van der Waals surface area contributed by atoms with Crippen LogP contribution in [0.4, 0.5) is 0 Å². The van der Waals surface area contributed by atoms with Gasteiger partial charge in [0.2, 0.25) is 5.91 Å². The molecular weight excluding hydrogens is 158 g/mol. The smallest absolute Gasteiger partial charge is 0.351 e. The molecule has 0 aromatic rings. The Morgan fingerprint density at radius 3 is 2.40 bits per heavy atom. The van der Waals surface area contributed by atoms with E-state index in [4.69, 9.17) is 16.7 Å². The van der Waals surface area contributed by atoms with Gasteiger partial charge in [-0.15, -0.1) is 11.6 Å². The molecule has 0 spiro atoms. The second-order valence-electron chi connectivity index (χ2n) is 1.47. The van der Waals surface area contributed by atoms with Gasteiger partial charge in [-0.1, -0.05) is 6.58 Å². The van der Waals surface area contributed by atoms with Gasteiger partial charge in [0.1, 0.15) is 11.6 Å². The predicted molar refractivity (Wildman–Crippen MR) is 35.6 cm³/mol. The molecule has 0 fully saturated rings. The zero-order chi connectivity index (χ0) is 8.15. The average molecular weight is 164 g/mol. The summed E-state index contributed by atoms with van der Waals surface area (Å²) in [7, 11) is 0. The van der Waals surface area contributed by atoms with Gasteiger partial charge in [0.25, 0.3) is 0 Å². The van der Waals surface area contributed by atoms with E-state index >= 15 is 0 Å². The summed E-state index contributed by atoms with van der Waals surface area (Å²) >= 11 is 5.05. The summed E-state index contributed by atoms with van der Waals surface area (Å²) in [6.45, 7) is 3.05. The molecule has 0 aliphatic heterocycles. The molecule has 0 atom stereocenters. The number of carbonyl (C=O) groups is 2. The van der Waals surface area contributed by atoms with Crippen LogP contribution in [0.5, 0.6) is 0 Å². The van der Waals surface area contributed by atoms with Gasteiger partial charge in [0, 0.05) is 0 Å². The van der Waals surface area contributed by atoms with Crippen molar-refractivity contribution in [2.45, 2.75) is 0 Å². The van der Waals surface area contributed by atoms with E-state index in [-0.39, 0.29) is 11.6 Å². The minimum Gasteiger partial charge on any atom is -0.477 e. The van der Waals surface area contributed by atoms with Crippen LogP contribution in [0.15, 0.2) is 12.3 Å². The van der Waals surface area contributed by atoms with E-state index in [1.165, 1.54) is 0 Å². The lowest BCUT2D eigenvalue weighted by molar-refractivity contribution is -0.134. The summed E-state index contributed by atoms with van der Waals surface area (Å²) in [5.74, 6) is -2.11. The largest absolute Gasteiger partial charge is 0.477 e. The van der Waals surface area contributed by atoms with Crippen LogP contribution < -0.4 is 5.32 Å². The van der Waals surface area contributed by atoms with Crippen LogP contribution >= 0.6 is 11.6 Å². The van der Waals surface area contributed by atoms with Crippen molar-refractivity contribution < 1.29 is 14.7 Å². The number of alkyl halides is 1.